The van der Waals surface area contributed by atoms with Gasteiger partial charge in [0.15, 0.2) is 0 Å². The fourth-order valence-electron chi connectivity index (χ4n) is 1.45. The SMILES string of the molecule is COc1cccc2c1CC=C2. The molecule has 1 aliphatic carbocycles. The molecule has 0 aromatic heterocycles. The normalized spacial score (nSPS) is 13.2. The first-order chi connectivity index (χ1) is 5.42. The number of benzene rings is 1. The predicted molar refractivity (Wildman–Crippen MR) is 45.7 cm³/mol. The zero-order chi connectivity index (χ0) is 7.68. The van der Waals surface area contributed by atoms with Crippen LogP contribution in [0.3, 0.4) is 0 Å². The highest BCUT2D eigenvalue weighted by Crippen LogP contribution is 2.27. The summed E-state index contributed by atoms with van der Waals surface area (Å²) in [4.78, 5) is 0. The fraction of sp³-hybridized carbons (Fsp3) is 0.200. The lowest BCUT2D eigenvalue weighted by Crippen LogP contribution is -1.89. The van der Waals surface area contributed by atoms with E-state index in [1.807, 2.05) is 12.1 Å². The van der Waals surface area contributed by atoms with E-state index in [-0.39, 0.29) is 0 Å². The minimum atomic E-state index is 1.01. The highest BCUT2D eigenvalue weighted by Gasteiger charge is 2.08. The van der Waals surface area contributed by atoms with Crippen molar-refractivity contribution >= 4 is 6.08 Å². The molecule has 0 heterocycles. The van der Waals surface area contributed by atoms with Crippen molar-refractivity contribution in [1.82, 2.24) is 0 Å². The van der Waals surface area contributed by atoms with Gasteiger partial charge < -0.3 is 4.74 Å². The molecule has 1 aliphatic rings. The van der Waals surface area contributed by atoms with Crippen LogP contribution in [0.5, 0.6) is 5.75 Å². The van der Waals surface area contributed by atoms with Crippen LogP contribution in [-0.2, 0) is 6.42 Å². The number of ether oxygens (including phenoxy) is 1. The van der Waals surface area contributed by atoms with Gasteiger partial charge in [-0.2, -0.15) is 0 Å². The quantitative estimate of drug-likeness (QED) is 0.590. The summed E-state index contributed by atoms with van der Waals surface area (Å²) in [6.07, 6.45) is 5.31. The van der Waals surface area contributed by atoms with Gasteiger partial charge in [0, 0.05) is 5.56 Å². The van der Waals surface area contributed by atoms with E-state index in [1.54, 1.807) is 7.11 Å². The molecular weight excluding hydrogens is 136 g/mol. The first-order valence-corrected chi connectivity index (χ1v) is 3.74. The van der Waals surface area contributed by atoms with Gasteiger partial charge in [0.25, 0.3) is 0 Å². The van der Waals surface area contributed by atoms with Crippen LogP contribution < -0.4 is 4.74 Å². The Bertz CT molecular complexity index is 300. The Morgan fingerprint density at radius 2 is 2.27 bits per heavy atom. The van der Waals surface area contributed by atoms with E-state index in [2.05, 4.69) is 18.2 Å². The average molecular weight is 146 g/mol. The van der Waals surface area contributed by atoms with Gasteiger partial charge in [0.1, 0.15) is 5.75 Å². The summed E-state index contributed by atoms with van der Waals surface area (Å²) < 4.78 is 5.22. The number of rotatable bonds is 1. The second-order valence-electron chi connectivity index (χ2n) is 2.63. The van der Waals surface area contributed by atoms with Gasteiger partial charge in [-0.1, -0.05) is 24.3 Å². The van der Waals surface area contributed by atoms with E-state index < -0.39 is 0 Å². The molecule has 0 N–H and O–H groups in total. The van der Waals surface area contributed by atoms with Crippen molar-refractivity contribution in [3.63, 3.8) is 0 Å². The van der Waals surface area contributed by atoms with E-state index in [0.29, 0.717) is 0 Å². The van der Waals surface area contributed by atoms with Gasteiger partial charge in [-0.05, 0) is 18.1 Å². The Morgan fingerprint density at radius 3 is 3.09 bits per heavy atom. The summed E-state index contributed by atoms with van der Waals surface area (Å²) in [5.41, 5.74) is 2.61. The fourth-order valence-corrected chi connectivity index (χ4v) is 1.45. The Hall–Kier alpha value is -1.24. The van der Waals surface area contributed by atoms with Gasteiger partial charge in [0.05, 0.1) is 7.11 Å². The maximum absolute atomic E-state index is 5.22. The molecule has 1 aromatic carbocycles. The van der Waals surface area contributed by atoms with Crippen molar-refractivity contribution < 1.29 is 4.74 Å². The molecule has 0 spiro atoms. The van der Waals surface area contributed by atoms with Crippen molar-refractivity contribution in [2.45, 2.75) is 6.42 Å². The second-order valence-corrected chi connectivity index (χ2v) is 2.63. The first kappa shape index (κ1) is 6.47. The summed E-state index contributed by atoms with van der Waals surface area (Å²) >= 11 is 0. The highest BCUT2D eigenvalue weighted by atomic mass is 16.5. The zero-order valence-electron chi connectivity index (χ0n) is 6.50. The third-order valence-corrected chi connectivity index (χ3v) is 2.01. The third kappa shape index (κ3) is 0.929. The molecule has 1 nitrogen and oxygen atoms in total. The Kier molecular flexibility index (Phi) is 1.42. The van der Waals surface area contributed by atoms with Gasteiger partial charge in [-0.3, -0.25) is 0 Å². The lowest BCUT2D eigenvalue weighted by atomic mass is 10.1. The number of fused-ring (bicyclic) bond motifs is 1. The molecule has 11 heavy (non-hydrogen) atoms. The molecule has 0 saturated heterocycles. The maximum Gasteiger partial charge on any atom is 0.122 e. The highest BCUT2D eigenvalue weighted by molar-refractivity contribution is 5.63. The average Bonchev–Trinajstić information content (AvgIpc) is 2.50. The lowest BCUT2D eigenvalue weighted by Gasteiger charge is -2.05. The summed E-state index contributed by atoms with van der Waals surface area (Å²) in [6, 6.07) is 6.14. The van der Waals surface area contributed by atoms with E-state index >= 15 is 0 Å². The van der Waals surface area contributed by atoms with Crippen molar-refractivity contribution in [3.05, 3.63) is 35.4 Å². The molecule has 1 heteroatoms. The van der Waals surface area contributed by atoms with Gasteiger partial charge in [-0.15, -0.1) is 0 Å². The van der Waals surface area contributed by atoms with Crippen LogP contribution in [0, 0.1) is 0 Å². The Morgan fingerprint density at radius 1 is 1.36 bits per heavy atom. The van der Waals surface area contributed by atoms with Gasteiger partial charge in [-0.25, -0.2) is 0 Å². The lowest BCUT2D eigenvalue weighted by molar-refractivity contribution is 0.411. The molecule has 0 bridgehead atoms. The number of hydrogen-bond donors (Lipinski definition) is 0. The molecular formula is C10H10O. The summed E-state index contributed by atoms with van der Waals surface area (Å²) in [5, 5.41) is 0. The smallest absolute Gasteiger partial charge is 0.122 e. The molecule has 0 aliphatic heterocycles. The number of allylic oxidation sites excluding steroid dienone is 1. The van der Waals surface area contributed by atoms with E-state index in [1.165, 1.54) is 11.1 Å². The molecule has 0 amide bonds. The van der Waals surface area contributed by atoms with Gasteiger partial charge >= 0.3 is 0 Å². The molecule has 0 atom stereocenters. The van der Waals surface area contributed by atoms with Gasteiger partial charge in [0.2, 0.25) is 0 Å². The molecule has 0 radical (unpaired) electrons. The Labute approximate surface area is 66.3 Å². The molecule has 56 valence electrons. The van der Waals surface area contributed by atoms with Crippen molar-refractivity contribution in [2.24, 2.45) is 0 Å². The summed E-state index contributed by atoms with van der Waals surface area (Å²) in [5.74, 6) is 1.01. The van der Waals surface area contributed by atoms with E-state index in [0.717, 1.165) is 12.2 Å². The van der Waals surface area contributed by atoms with Crippen LogP contribution >= 0.6 is 0 Å². The summed E-state index contributed by atoms with van der Waals surface area (Å²) in [7, 11) is 1.72. The molecule has 2 rings (SSSR count). The molecule has 1 aromatic rings. The predicted octanol–water partition coefficient (Wildman–Crippen LogP) is 2.26. The topological polar surface area (TPSA) is 9.23 Å². The zero-order valence-corrected chi connectivity index (χ0v) is 6.50. The Balaban J connectivity index is 2.55. The standard InChI is InChI=1S/C10H10O/c1-11-10-7-3-5-8-4-2-6-9(8)10/h2-5,7H,6H2,1H3. The number of hydrogen-bond acceptors (Lipinski definition) is 1. The van der Waals surface area contributed by atoms with Crippen molar-refractivity contribution in [3.8, 4) is 5.75 Å². The van der Waals surface area contributed by atoms with Crippen LogP contribution in [0.25, 0.3) is 6.08 Å². The van der Waals surface area contributed by atoms with E-state index in [9.17, 15) is 0 Å². The molecule has 0 unspecified atom stereocenters. The van der Waals surface area contributed by atoms with Crippen LogP contribution in [0.1, 0.15) is 11.1 Å². The third-order valence-electron chi connectivity index (χ3n) is 2.01. The number of methoxy groups -OCH3 is 1. The molecule has 0 saturated carbocycles. The largest absolute Gasteiger partial charge is 0.496 e. The maximum atomic E-state index is 5.22. The van der Waals surface area contributed by atoms with Crippen LogP contribution in [0.4, 0.5) is 0 Å². The van der Waals surface area contributed by atoms with Crippen LogP contribution in [-0.4, -0.2) is 7.11 Å². The van der Waals surface area contributed by atoms with Crippen molar-refractivity contribution in [1.29, 1.82) is 0 Å². The second kappa shape index (κ2) is 2.42. The van der Waals surface area contributed by atoms with E-state index in [4.69, 9.17) is 4.74 Å². The minimum Gasteiger partial charge on any atom is -0.496 e. The molecule has 0 fully saturated rings. The monoisotopic (exact) mass is 146 g/mol. The first-order valence-electron chi connectivity index (χ1n) is 3.74. The van der Waals surface area contributed by atoms with Crippen molar-refractivity contribution in [2.75, 3.05) is 7.11 Å². The minimum absolute atomic E-state index is 1.01. The summed E-state index contributed by atoms with van der Waals surface area (Å²) in [6.45, 7) is 0. The van der Waals surface area contributed by atoms with Crippen LogP contribution in [0.2, 0.25) is 0 Å². The van der Waals surface area contributed by atoms with Crippen LogP contribution in [0.15, 0.2) is 24.3 Å².